The van der Waals surface area contributed by atoms with Crippen LogP contribution in [0.15, 0.2) is 0 Å². The van der Waals surface area contributed by atoms with E-state index in [4.69, 9.17) is 9.84 Å². The minimum atomic E-state index is 0.266. The summed E-state index contributed by atoms with van der Waals surface area (Å²) in [5.41, 5.74) is 0. The monoisotopic (exact) mass is 227 g/mol. The molecule has 2 aliphatic rings. The lowest BCUT2D eigenvalue weighted by atomic mass is 9.82. The van der Waals surface area contributed by atoms with E-state index >= 15 is 0 Å². The van der Waals surface area contributed by atoms with Crippen molar-refractivity contribution in [1.82, 2.24) is 4.90 Å². The Balaban J connectivity index is 1.91. The first-order valence-corrected chi connectivity index (χ1v) is 6.79. The largest absolute Gasteiger partial charge is 0.395 e. The lowest BCUT2D eigenvalue weighted by molar-refractivity contribution is -0.0999. The second kappa shape index (κ2) is 5.99. The Morgan fingerprint density at radius 3 is 2.69 bits per heavy atom. The zero-order chi connectivity index (χ0) is 11.4. The second-order valence-corrected chi connectivity index (χ2v) is 5.23. The van der Waals surface area contributed by atoms with Gasteiger partial charge in [0.25, 0.3) is 0 Å². The lowest BCUT2D eigenvalue weighted by Gasteiger charge is -2.43. The third-order valence-electron chi connectivity index (χ3n) is 4.24. The zero-order valence-corrected chi connectivity index (χ0v) is 10.4. The van der Waals surface area contributed by atoms with Crippen LogP contribution in [0.2, 0.25) is 0 Å². The number of β-amino-alcohol motifs (C(OH)–C–C–N with tert-alkyl or cyclic N) is 1. The van der Waals surface area contributed by atoms with Gasteiger partial charge in [-0.25, -0.2) is 0 Å². The molecular weight excluding hydrogens is 202 g/mol. The van der Waals surface area contributed by atoms with Gasteiger partial charge in [-0.3, -0.25) is 4.90 Å². The Labute approximate surface area is 98.8 Å². The van der Waals surface area contributed by atoms with Gasteiger partial charge in [0.2, 0.25) is 0 Å². The summed E-state index contributed by atoms with van der Waals surface area (Å²) in [7, 11) is 0. The summed E-state index contributed by atoms with van der Waals surface area (Å²) >= 11 is 0. The van der Waals surface area contributed by atoms with Crippen molar-refractivity contribution in [2.45, 2.75) is 51.2 Å². The summed E-state index contributed by atoms with van der Waals surface area (Å²) in [6.07, 6.45) is 7.22. The van der Waals surface area contributed by atoms with Gasteiger partial charge in [-0.1, -0.05) is 19.3 Å². The molecule has 0 aromatic heterocycles. The van der Waals surface area contributed by atoms with Crippen LogP contribution in [0.1, 0.15) is 39.0 Å². The predicted octanol–water partition coefficient (Wildman–Crippen LogP) is 1.65. The van der Waals surface area contributed by atoms with Gasteiger partial charge in [0.05, 0.1) is 19.3 Å². The molecule has 2 fully saturated rings. The summed E-state index contributed by atoms with van der Waals surface area (Å²) < 4.78 is 5.98. The van der Waals surface area contributed by atoms with E-state index in [1.165, 1.54) is 32.1 Å². The highest BCUT2D eigenvalue weighted by Gasteiger charge is 2.34. The van der Waals surface area contributed by atoms with Crippen LogP contribution in [0.4, 0.5) is 0 Å². The van der Waals surface area contributed by atoms with Crippen molar-refractivity contribution >= 4 is 0 Å². The molecule has 0 aromatic rings. The Kier molecular flexibility index (Phi) is 4.62. The second-order valence-electron chi connectivity index (χ2n) is 5.23. The predicted molar refractivity (Wildman–Crippen MR) is 64.4 cm³/mol. The molecule has 1 aliphatic heterocycles. The van der Waals surface area contributed by atoms with Crippen molar-refractivity contribution in [3.8, 4) is 0 Å². The van der Waals surface area contributed by atoms with Gasteiger partial charge >= 0.3 is 0 Å². The maximum Gasteiger partial charge on any atom is 0.0756 e. The van der Waals surface area contributed by atoms with Crippen LogP contribution >= 0.6 is 0 Å². The molecule has 1 saturated heterocycles. The Morgan fingerprint density at radius 2 is 2.00 bits per heavy atom. The average molecular weight is 227 g/mol. The Morgan fingerprint density at radius 1 is 1.25 bits per heavy atom. The van der Waals surface area contributed by atoms with E-state index in [0.29, 0.717) is 12.1 Å². The highest BCUT2D eigenvalue weighted by Crippen LogP contribution is 2.32. The first-order valence-electron chi connectivity index (χ1n) is 6.79. The molecule has 1 heterocycles. The number of hydrogen-bond acceptors (Lipinski definition) is 3. The van der Waals surface area contributed by atoms with Crippen molar-refractivity contribution in [2.75, 3.05) is 26.3 Å². The van der Waals surface area contributed by atoms with Crippen molar-refractivity contribution < 1.29 is 9.84 Å². The van der Waals surface area contributed by atoms with Crippen LogP contribution in [-0.2, 0) is 4.74 Å². The molecule has 2 rings (SSSR count). The third kappa shape index (κ3) is 2.76. The lowest BCUT2D eigenvalue weighted by Crippen LogP contribution is -2.53. The molecule has 1 aliphatic carbocycles. The molecule has 94 valence electrons. The molecule has 3 nitrogen and oxygen atoms in total. The fourth-order valence-corrected chi connectivity index (χ4v) is 3.29. The van der Waals surface area contributed by atoms with Crippen LogP contribution in [0.3, 0.4) is 0 Å². The number of rotatable bonds is 3. The van der Waals surface area contributed by atoms with E-state index in [1.807, 2.05) is 0 Å². The standard InChI is InChI=1S/C13H25NO2/c1-11-13(12-5-3-2-4-6-12)16-10-8-14(11)7-9-15/h11-13,15H,2-10H2,1H3/t11-,13+/m0/s1. The number of ether oxygens (including phenoxy) is 1. The highest BCUT2D eigenvalue weighted by molar-refractivity contribution is 4.86. The zero-order valence-electron chi connectivity index (χ0n) is 10.4. The summed E-state index contributed by atoms with van der Waals surface area (Å²) in [5, 5.41) is 9.05. The van der Waals surface area contributed by atoms with E-state index in [0.717, 1.165) is 25.6 Å². The quantitative estimate of drug-likeness (QED) is 0.795. The normalized spacial score (nSPS) is 34.1. The molecule has 0 unspecified atom stereocenters. The fraction of sp³-hybridized carbons (Fsp3) is 1.00. The third-order valence-corrected chi connectivity index (χ3v) is 4.24. The molecule has 1 saturated carbocycles. The first-order chi connectivity index (χ1) is 7.83. The van der Waals surface area contributed by atoms with E-state index in [9.17, 15) is 0 Å². The molecule has 1 N–H and O–H groups in total. The summed E-state index contributed by atoms with van der Waals surface area (Å²) in [4.78, 5) is 2.38. The topological polar surface area (TPSA) is 32.7 Å². The molecule has 0 radical (unpaired) electrons. The molecule has 0 amide bonds. The molecular formula is C13H25NO2. The van der Waals surface area contributed by atoms with Gasteiger partial charge in [-0.15, -0.1) is 0 Å². The Bertz CT molecular complexity index is 202. The number of aliphatic hydroxyl groups is 1. The molecule has 3 heteroatoms. The van der Waals surface area contributed by atoms with Crippen LogP contribution < -0.4 is 0 Å². The summed E-state index contributed by atoms with van der Waals surface area (Å²) in [6, 6.07) is 0.476. The van der Waals surface area contributed by atoms with Crippen molar-refractivity contribution in [3.05, 3.63) is 0 Å². The average Bonchev–Trinajstić information content (AvgIpc) is 2.33. The summed E-state index contributed by atoms with van der Waals surface area (Å²) in [5.74, 6) is 0.755. The van der Waals surface area contributed by atoms with E-state index < -0.39 is 0 Å². The van der Waals surface area contributed by atoms with Gasteiger partial charge in [0, 0.05) is 19.1 Å². The minimum absolute atomic E-state index is 0.266. The van der Waals surface area contributed by atoms with Gasteiger partial charge in [0.15, 0.2) is 0 Å². The van der Waals surface area contributed by atoms with Gasteiger partial charge in [0.1, 0.15) is 0 Å². The number of hydrogen-bond donors (Lipinski definition) is 1. The maximum absolute atomic E-state index is 9.05. The van der Waals surface area contributed by atoms with Crippen LogP contribution in [0, 0.1) is 5.92 Å². The van der Waals surface area contributed by atoms with Crippen LogP contribution in [-0.4, -0.2) is 48.5 Å². The van der Waals surface area contributed by atoms with Crippen LogP contribution in [0.5, 0.6) is 0 Å². The SMILES string of the molecule is C[C@H]1[C@H](C2CCCCC2)OCCN1CCO. The van der Waals surface area contributed by atoms with E-state index in [1.54, 1.807) is 0 Å². The molecule has 0 spiro atoms. The summed E-state index contributed by atoms with van der Waals surface area (Å²) in [6.45, 7) is 5.14. The maximum atomic E-state index is 9.05. The molecule has 2 atom stereocenters. The minimum Gasteiger partial charge on any atom is -0.395 e. The van der Waals surface area contributed by atoms with Crippen LogP contribution in [0.25, 0.3) is 0 Å². The number of aliphatic hydroxyl groups excluding tert-OH is 1. The fourth-order valence-electron chi connectivity index (χ4n) is 3.29. The molecule has 16 heavy (non-hydrogen) atoms. The van der Waals surface area contributed by atoms with Crippen molar-refractivity contribution in [3.63, 3.8) is 0 Å². The molecule has 0 bridgehead atoms. The highest BCUT2D eigenvalue weighted by atomic mass is 16.5. The van der Waals surface area contributed by atoms with Crippen molar-refractivity contribution in [2.24, 2.45) is 5.92 Å². The van der Waals surface area contributed by atoms with Crippen molar-refractivity contribution in [1.29, 1.82) is 0 Å². The smallest absolute Gasteiger partial charge is 0.0756 e. The van der Waals surface area contributed by atoms with Gasteiger partial charge < -0.3 is 9.84 Å². The van der Waals surface area contributed by atoms with E-state index in [-0.39, 0.29) is 6.61 Å². The molecule has 0 aromatic carbocycles. The number of morpholine rings is 1. The van der Waals surface area contributed by atoms with E-state index in [2.05, 4.69) is 11.8 Å². The van der Waals surface area contributed by atoms with Gasteiger partial charge in [-0.05, 0) is 25.7 Å². The number of nitrogens with zero attached hydrogens (tertiary/aromatic N) is 1. The first kappa shape index (κ1) is 12.3. The Hall–Kier alpha value is -0.120. The van der Waals surface area contributed by atoms with Gasteiger partial charge in [-0.2, -0.15) is 0 Å².